The summed E-state index contributed by atoms with van der Waals surface area (Å²) in [6.07, 6.45) is 7.66. The molecule has 27 heavy (non-hydrogen) atoms. The summed E-state index contributed by atoms with van der Waals surface area (Å²) in [4.78, 5) is 4.82. The average molecular weight is 377 g/mol. The van der Waals surface area contributed by atoms with Crippen LogP contribution in [-0.2, 0) is 11.3 Å². The molecule has 5 nitrogen and oxygen atoms in total. The van der Waals surface area contributed by atoms with Crippen LogP contribution in [0.2, 0.25) is 0 Å². The van der Waals surface area contributed by atoms with E-state index in [9.17, 15) is 5.11 Å². The fourth-order valence-corrected chi connectivity index (χ4v) is 3.97. The molecule has 1 aromatic carbocycles. The zero-order valence-electron chi connectivity index (χ0n) is 16.7. The Morgan fingerprint density at radius 1 is 0.926 bits per heavy atom. The highest BCUT2D eigenvalue weighted by Crippen LogP contribution is 2.18. The monoisotopic (exact) mass is 376 g/mol. The number of benzene rings is 1. The summed E-state index contributed by atoms with van der Waals surface area (Å²) in [5.74, 6) is 0.859. The lowest BCUT2D eigenvalue weighted by Gasteiger charge is -2.28. The van der Waals surface area contributed by atoms with Gasteiger partial charge in [-0.15, -0.1) is 0 Å². The Labute approximate surface area is 164 Å². The lowest BCUT2D eigenvalue weighted by atomic mass is 10.1. The lowest BCUT2D eigenvalue weighted by molar-refractivity contribution is 0.00464. The first-order chi connectivity index (χ1) is 13.3. The molecular weight excluding hydrogens is 340 g/mol. The summed E-state index contributed by atoms with van der Waals surface area (Å²) in [6, 6.07) is 8.37. The summed E-state index contributed by atoms with van der Waals surface area (Å²) in [5, 5.41) is 10.3. The van der Waals surface area contributed by atoms with Gasteiger partial charge in [0.2, 0.25) is 0 Å². The molecule has 0 amide bonds. The quantitative estimate of drug-likeness (QED) is 0.793. The first-order valence-corrected chi connectivity index (χ1v) is 10.7. The highest BCUT2D eigenvalue weighted by atomic mass is 16.5. The van der Waals surface area contributed by atoms with Crippen molar-refractivity contribution in [2.24, 2.45) is 0 Å². The van der Waals surface area contributed by atoms with Crippen molar-refractivity contribution >= 4 is 0 Å². The minimum Gasteiger partial charge on any atom is -0.491 e. The van der Waals surface area contributed by atoms with Gasteiger partial charge in [0.15, 0.2) is 0 Å². The van der Waals surface area contributed by atoms with Crippen molar-refractivity contribution in [2.75, 3.05) is 52.5 Å². The molecule has 0 saturated carbocycles. The maximum atomic E-state index is 10.3. The zero-order valence-corrected chi connectivity index (χ0v) is 16.7. The average Bonchev–Trinajstić information content (AvgIpc) is 2.82. The molecule has 2 fully saturated rings. The third-order valence-corrected chi connectivity index (χ3v) is 5.52. The minimum atomic E-state index is -0.468. The summed E-state index contributed by atoms with van der Waals surface area (Å²) in [6.45, 7) is 7.67. The highest BCUT2D eigenvalue weighted by molar-refractivity contribution is 5.28. The standard InChI is InChI=1S/C22H36N2O3/c25-21(18-24-12-14-26-15-13-24)19-27-22-9-7-8-20(16-22)17-23-10-5-3-1-2-4-6-11-23/h7-9,16,21,25H,1-6,10-15,17-19H2/t21-/m1/s1. The number of β-amino-alcohol motifs (C(OH)–C–C–N with tert-alkyl or cyclic N) is 1. The van der Waals surface area contributed by atoms with E-state index in [0.29, 0.717) is 13.2 Å². The molecule has 0 spiro atoms. The third kappa shape index (κ3) is 7.78. The number of aliphatic hydroxyl groups excluding tert-OH is 1. The van der Waals surface area contributed by atoms with Crippen LogP contribution in [0.5, 0.6) is 5.75 Å². The Morgan fingerprint density at radius 3 is 2.37 bits per heavy atom. The van der Waals surface area contributed by atoms with Crippen LogP contribution < -0.4 is 4.74 Å². The number of hydrogen-bond donors (Lipinski definition) is 1. The van der Waals surface area contributed by atoms with Gasteiger partial charge in [0.05, 0.1) is 13.2 Å². The van der Waals surface area contributed by atoms with Gasteiger partial charge in [-0.2, -0.15) is 0 Å². The second-order valence-electron chi connectivity index (χ2n) is 7.92. The normalized spacial score (nSPS) is 21.8. The molecular formula is C22H36N2O3. The van der Waals surface area contributed by atoms with E-state index in [4.69, 9.17) is 9.47 Å². The molecule has 2 heterocycles. The van der Waals surface area contributed by atoms with E-state index >= 15 is 0 Å². The summed E-state index contributed by atoms with van der Waals surface area (Å²) in [7, 11) is 0. The van der Waals surface area contributed by atoms with Crippen LogP contribution in [0.25, 0.3) is 0 Å². The third-order valence-electron chi connectivity index (χ3n) is 5.52. The zero-order chi connectivity index (χ0) is 18.7. The summed E-state index contributed by atoms with van der Waals surface area (Å²) >= 11 is 0. The Hall–Kier alpha value is -1.14. The fourth-order valence-electron chi connectivity index (χ4n) is 3.97. The van der Waals surface area contributed by atoms with Crippen molar-refractivity contribution in [1.82, 2.24) is 9.80 Å². The number of morpholine rings is 1. The summed E-state index contributed by atoms with van der Waals surface area (Å²) < 4.78 is 11.2. The molecule has 2 aliphatic rings. The van der Waals surface area contributed by atoms with E-state index in [1.807, 2.05) is 6.07 Å². The van der Waals surface area contributed by atoms with Crippen molar-refractivity contribution in [3.05, 3.63) is 29.8 Å². The molecule has 2 saturated heterocycles. The molecule has 5 heteroatoms. The molecule has 0 aromatic heterocycles. The molecule has 152 valence electrons. The van der Waals surface area contributed by atoms with Crippen molar-refractivity contribution in [1.29, 1.82) is 0 Å². The van der Waals surface area contributed by atoms with Crippen LogP contribution >= 0.6 is 0 Å². The van der Waals surface area contributed by atoms with Crippen LogP contribution in [0.15, 0.2) is 24.3 Å². The Bertz CT molecular complexity index is 524. The van der Waals surface area contributed by atoms with Crippen LogP contribution in [0.3, 0.4) is 0 Å². The van der Waals surface area contributed by atoms with E-state index in [1.165, 1.54) is 57.2 Å². The SMILES string of the molecule is O[C@@H](COc1cccc(CN2CCCCCCCC2)c1)CN1CCOCC1. The Balaban J connectivity index is 1.44. The Kier molecular flexibility index (Phi) is 8.88. The lowest BCUT2D eigenvalue weighted by Crippen LogP contribution is -2.42. The number of hydrogen-bond acceptors (Lipinski definition) is 5. The number of nitrogens with zero attached hydrogens (tertiary/aromatic N) is 2. The van der Waals surface area contributed by atoms with Crippen molar-refractivity contribution < 1.29 is 14.6 Å². The van der Waals surface area contributed by atoms with Gasteiger partial charge >= 0.3 is 0 Å². The maximum Gasteiger partial charge on any atom is 0.119 e. The van der Waals surface area contributed by atoms with Crippen LogP contribution in [0, 0.1) is 0 Å². The highest BCUT2D eigenvalue weighted by Gasteiger charge is 2.15. The van der Waals surface area contributed by atoms with Crippen molar-refractivity contribution in [3.8, 4) is 5.75 Å². The van der Waals surface area contributed by atoms with Crippen LogP contribution in [0.4, 0.5) is 0 Å². The van der Waals surface area contributed by atoms with Crippen LogP contribution in [-0.4, -0.2) is 73.6 Å². The van der Waals surface area contributed by atoms with E-state index < -0.39 is 6.10 Å². The molecule has 0 unspecified atom stereocenters. The molecule has 3 rings (SSSR count). The van der Waals surface area contributed by atoms with Crippen molar-refractivity contribution in [3.63, 3.8) is 0 Å². The molecule has 2 aliphatic heterocycles. The fraction of sp³-hybridized carbons (Fsp3) is 0.727. The first-order valence-electron chi connectivity index (χ1n) is 10.7. The number of rotatable bonds is 7. The predicted molar refractivity (Wildman–Crippen MR) is 108 cm³/mol. The molecule has 0 radical (unpaired) electrons. The number of aliphatic hydroxyl groups is 1. The van der Waals surface area contributed by atoms with Crippen molar-refractivity contribution in [2.45, 2.75) is 51.2 Å². The minimum absolute atomic E-state index is 0.338. The van der Waals surface area contributed by atoms with E-state index in [1.54, 1.807) is 0 Å². The molecule has 0 aliphatic carbocycles. The second-order valence-corrected chi connectivity index (χ2v) is 7.92. The van der Waals surface area contributed by atoms with E-state index in [0.717, 1.165) is 38.6 Å². The predicted octanol–water partition coefficient (Wildman–Crippen LogP) is 2.91. The van der Waals surface area contributed by atoms with E-state index in [2.05, 4.69) is 28.0 Å². The second kappa shape index (κ2) is 11.6. The number of ether oxygens (including phenoxy) is 2. The van der Waals surface area contributed by atoms with Crippen LogP contribution in [0.1, 0.15) is 44.1 Å². The summed E-state index contributed by atoms with van der Waals surface area (Å²) in [5.41, 5.74) is 1.30. The van der Waals surface area contributed by atoms with Gasteiger partial charge in [-0.1, -0.05) is 37.8 Å². The Morgan fingerprint density at radius 2 is 1.63 bits per heavy atom. The van der Waals surface area contributed by atoms with Gasteiger partial charge in [-0.05, 0) is 43.6 Å². The van der Waals surface area contributed by atoms with E-state index in [-0.39, 0.29) is 0 Å². The van der Waals surface area contributed by atoms with Gasteiger partial charge in [0, 0.05) is 26.2 Å². The van der Waals surface area contributed by atoms with Gasteiger partial charge in [-0.3, -0.25) is 9.80 Å². The first kappa shape index (κ1) is 20.6. The van der Waals surface area contributed by atoms with Gasteiger partial charge in [0.25, 0.3) is 0 Å². The molecule has 1 N–H and O–H groups in total. The largest absolute Gasteiger partial charge is 0.491 e. The van der Waals surface area contributed by atoms with Gasteiger partial charge in [0.1, 0.15) is 18.5 Å². The molecule has 1 aromatic rings. The maximum absolute atomic E-state index is 10.3. The topological polar surface area (TPSA) is 45.2 Å². The smallest absolute Gasteiger partial charge is 0.119 e. The molecule has 0 bridgehead atoms. The molecule has 1 atom stereocenters. The van der Waals surface area contributed by atoms with Gasteiger partial charge < -0.3 is 14.6 Å². The van der Waals surface area contributed by atoms with Gasteiger partial charge in [-0.25, -0.2) is 0 Å².